The molecule has 0 unspecified atom stereocenters. The second-order valence-electron chi connectivity index (χ2n) is 5.56. The van der Waals surface area contributed by atoms with Crippen molar-refractivity contribution in [3.8, 4) is 0 Å². The summed E-state index contributed by atoms with van der Waals surface area (Å²) in [6.45, 7) is 6.01. The third kappa shape index (κ3) is 4.46. The van der Waals surface area contributed by atoms with E-state index in [1.165, 1.54) is 0 Å². The Kier molecular flexibility index (Phi) is 6.04. The third-order valence-electron chi connectivity index (χ3n) is 3.03. The summed E-state index contributed by atoms with van der Waals surface area (Å²) < 4.78 is 29.5. The van der Waals surface area contributed by atoms with Gasteiger partial charge in [0, 0.05) is 29.4 Å². The molecule has 0 spiro atoms. The lowest BCUT2D eigenvalue weighted by atomic mass is 10.2. The Bertz CT molecular complexity index is 550. The van der Waals surface area contributed by atoms with Crippen LogP contribution in [0.5, 0.6) is 0 Å². The Morgan fingerprint density at radius 3 is 2.50 bits per heavy atom. The minimum Gasteiger partial charge on any atom is -0.384 e. The Balaban J connectivity index is 2.75. The Morgan fingerprint density at radius 2 is 1.95 bits per heavy atom. The van der Waals surface area contributed by atoms with Crippen LogP contribution >= 0.6 is 15.9 Å². The summed E-state index contributed by atoms with van der Waals surface area (Å²) in [6.07, 6.45) is 0. The van der Waals surface area contributed by atoms with E-state index in [4.69, 9.17) is 4.74 Å². The number of hydrogen-bond donors (Lipinski definition) is 1. The molecule has 0 aliphatic rings. The second kappa shape index (κ2) is 6.91. The van der Waals surface area contributed by atoms with Gasteiger partial charge in [0.2, 0.25) is 0 Å². The first-order chi connectivity index (χ1) is 9.19. The maximum atomic E-state index is 12.0. The topological polar surface area (TPSA) is 55.4 Å². The largest absolute Gasteiger partial charge is 0.384 e. The van der Waals surface area contributed by atoms with E-state index in [9.17, 15) is 8.42 Å². The van der Waals surface area contributed by atoms with Crippen LogP contribution in [0.15, 0.2) is 22.7 Å². The van der Waals surface area contributed by atoms with E-state index < -0.39 is 14.6 Å². The number of hydrogen-bond acceptors (Lipinski definition) is 4. The highest BCUT2D eigenvalue weighted by Gasteiger charge is 2.28. The van der Waals surface area contributed by atoms with E-state index in [-0.39, 0.29) is 5.75 Å². The van der Waals surface area contributed by atoms with E-state index in [0.29, 0.717) is 13.2 Å². The van der Waals surface area contributed by atoms with Crippen molar-refractivity contribution < 1.29 is 13.2 Å². The molecule has 0 radical (unpaired) electrons. The highest BCUT2D eigenvalue weighted by molar-refractivity contribution is 9.10. The molecule has 1 aromatic rings. The summed E-state index contributed by atoms with van der Waals surface area (Å²) in [7, 11) is -1.48. The molecule has 1 rings (SSSR count). The molecular weight excluding hydrogens is 342 g/mol. The number of halogens is 1. The van der Waals surface area contributed by atoms with Gasteiger partial charge >= 0.3 is 0 Å². The first kappa shape index (κ1) is 17.5. The number of sulfone groups is 1. The van der Waals surface area contributed by atoms with Gasteiger partial charge in [-0.25, -0.2) is 8.42 Å². The number of ether oxygens (including phenoxy) is 1. The maximum absolute atomic E-state index is 12.0. The van der Waals surface area contributed by atoms with Gasteiger partial charge in [-0.1, -0.05) is 22.0 Å². The van der Waals surface area contributed by atoms with Crippen LogP contribution in [0.4, 0.5) is 5.69 Å². The normalized spacial score (nSPS) is 12.4. The molecule has 114 valence electrons. The summed E-state index contributed by atoms with van der Waals surface area (Å²) in [5.41, 5.74) is 1.88. The Labute approximate surface area is 130 Å². The van der Waals surface area contributed by atoms with Crippen LogP contribution in [0.25, 0.3) is 0 Å². The summed E-state index contributed by atoms with van der Waals surface area (Å²) >= 11 is 3.47. The van der Waals surface area contributed by atoms with Gasteiger partial charge in [-0.3, -0.25) is 0 Å². The average molecular weight is 364 g/mol. The lowest BCUT2D eigenvalue weighted by Crippen LogP contribution is -2.33. The second-order valence-corrected chi connectivity index (χ2v) is 9.27. The fraction of sp³-hybridized carbons (Fsp3) is 0.571. The molecule has 1 aromatic carbocycles. The number of anilines is 1. The maximum Gasteiger partial charge on any atom is 0.156 e. The lowest BCUT2D eigenvalue weighted by molar-refractivity contribution is 0.185. The SMILES string of the molecule is COCc1c(Br)cccc1NCCS(=O)(=O)C(C)(C)C. The average Bonchev–Trinajstić information content (AvgIpc) is 2.31. The van der Waals surface area contributed by atoms with Crippen molar-refractivity contribution in [2.45, 2.75) is 32.1 Å². The van der Waals surface area contributed by atoms with Crippen molar-refractivity contribution >= 4 is 31.5 Å². The van der Waals surface area contributed by atoms with Gasteiger partial charge in [0.1, 0.15) is 0 Å². The molecule has 1 N–H and O–H groups in total. The molecule has 0 aliphatic carbocycles. The van der Waals surface area contributed by atoms with Crippen LogP contribution in [0.2, 0.25) is 0 Å². The van der Waals surface area contributed by atoms with Gasteiger partial charge in [-0.15, -0.1) is 0 Å². The van der Waals surface area contributed by atoms with Crippen LogP contribution in [-0.4, -0.2) is 32.6 Å². The number of rotatable bonds is 6. The molecular formula is C14H22BrNO3S. The minimum atomic E-state index is -3.11. The molecule has 0 heterocycles. The van der Waals surface area contributed by atoms with Gasteiger partial charge in [0.25, 0.3) is 0 Å². The zero-order valence-electron chi connectivity index (χ0n) is 12.4. The number of nitrogens with one attached hydrogen (secondary N) is 1. The zero-order chi connectivity index (χ0) is 15.4. The molecule has 0 saturated heterocycles. The first-order valence-corrected chi connectivity index (χ1v) is 8.86. The summed E-state index contributed by atoms with van der Waals surface area (Å²) in [5, 5.41) is 3.18. The standard InChI is InChI=1S/C14H22BrNO3S/c1-14(2,3)20(17,18)9-8-16-13-7-5-6-12(15)11(13)10-19-4/h5-7,16H,8-10H2,1-4H3. The monoisotopic (exact) mass is 363 g/mol. The highest BCUT2D eigenvalue weighted by atomic mass is 79.9. The van der Waals surface area contributed by atoms with E-state index in [2.05, 4.69) is 21.2 Å². The van der Waals surface area contributed by atoms with Crippen LogP contribution in [0.1, 0.15) is 26.3 Å². The van der Waals surface area contributed by atoms with Gasteiger partial charge in [-0.2, -0.15) is 0 Å². The summed E-state index contributed by atoms with van der Waals surface area (Å²) in [5.74, 6) is 0.107. The summed E-state index contributed by atoms with van der Waals surface area (Å²) in [6, 6.07) is 5.76. The minimum absolute atomic E-state index is 0.107. The van der Waals surface area contributed by atoms with Crippen molar-refractivity contribution in [2.24, 2.45) is 0 Å². The predicted molar refractivity (Wildman–Crippen MR) is 86.9 cm³/mol. The molecule has 0 amide bonds. The molecule has 0 bridgehead atoms. The zero-order valence-corrected chi connectivity index (χ0v) is 14.8. The van der Waals surface area contributed by atoms with Crippen molar-refractivity contribution in [3.63, 3.8) is 0 Å². The lowest BCUT2D eigenvalue weighted by Gasteiger charge is -2.20. The molecule has 0 fully saturated rings. The van der Waals surface area contributed by atoms with Gasteiger partial charge in [0.15, 0.2) is 9.84 Å². The van der Waals surface area contributed by atoms with Crippen molar-refractivity contribution in [1.29, 1.82) is 0 Å². The molecule has 20 heavy (non-hydrogen) atoms. The van der Waals surface area contributed by atoms with E-state index in [1.807, 2.05) is 18.2 Å². The van der Waals surface area contributed by atoms with E-state index in [0.717, 1.165) is 15.7 Å². The molecule has 0 aromatic heterocycles. The van der Waals surface area contributed by atoms with Gasteiger partial charge < -0.3 is 10.1 Å². The fourth-order valence-electron chi connectivity index (χ4n) is 1.64. The van der Waals surface area contributed by atoms with Crippen molar-refractivity contribution in [1.82, 2.24) is 0 Å². The smallest absolute Gasteiger partial charge is 0.156 e. The van der Waals surface area contributed by atoms with Crippen LogP contribution in [-0.2, 0) is 21.2 Å². The molecule has 0 aliphatic heterocycles. The van der Waals surface area contributed by atoms with Crippen molar-refractivity contribution in [2.75, 3.05) is 24.7 Å². The predicted octanol–water partition coefficient (Wildman–Crippen LogP) is 3.22. The van der Waals surface area contributed by atoms with Crippen LogP contribution in [0, 0.1) is 0 Å². The molecule has 6 heteroatoms. The number of methoxy groups -OCH3 is 1. The molecule has 0 atom stereocenters. The van der Waals surface area contributed by atoms with Crippen molar-refractivity contribution in [3.05, 3.63) is 28.2 Å². The fourth-order valence-corrected chi connectivity index (χ4v) is 3.11. The third-order valence-corrected chi connectivity index (χ3v) is 6.38. The summed E-state index contributed by atoms with van der Waals surface area (Å²) in [4.78, 5) is 0. The first-order valence-electron chi connectivity index (χ1n) is 6.41. The molecule has 4 nitrogen and oxygen atoms in total. The molecule has 0 saturated carbocycles. The Hall–Kier alpha value is -0.590. The quantitative estimate of drug-likeness (QED) is 0.842. The van der Waals surface area contributed by atoms with Gasteiger partial charge in [0.05, 0.1) is 17.1 Å². The van der Waals surface area contributed by atoms with E-state index >= 15 is 0 Å². The van der Waals surface area contributed by atoms with Gasteiger partial charge in [-0.05, 0) is 32.9 Å². The highest BCUT2D eigenvalue weighted by Crippen LogP contribution is 2.25. The van der Waals surface area contributed by atoms with Crippen LogP contribution in [0.3, 0.4) is 0 Å². The van der Waals surface area contributed by atoms with Crippen LogP contribution < -0.4 is 5.32 Å². The number of benzene rings is 1. The van der Waals surface area contributed by atoms with E-state index in [1.54, 1.807) is 27.9 Å². The Morgan fingerprint density at radius 1 is 1.30 bits per heavy atom.